The van der Waals surface area contributed by atoms with Crippen molar-refractivity contribution in [2.75, 3.05) is 18.9 Å². The van der Waals surface area contributed by atoms with Crippen LogP contribution in [0.3, 0.4) is 0 Å². The van der Waals surface area contributed by atoms with Crippen LogP contribution in [-0.2, 0) is 0 Å². The number of phenolic OH excluding ortho intramolecular Hbond substituents is 1. The van der Waals surface area contributed by atoms with Crippen LogP contribution >= 0.6 is 11.8 Å². The number of thioether (sulfide) groups is 1. The fourth-order valence-corrected chi connectivity index (χ4v) is 5.56. The molecule has 192 valence electrons. The molecule has 37 heavy (non-hydrogen) atoms. The Morgan fingerprint density at radius 2 is 1.73 bits per heavy atom. The first-order chi connectivity index (χ1) is 18.2. The maximum absolute atomic E-state index is 10.0. The van der Waals surface area contributed by atoms with E-state index in [9.17, 15) is 5.11 Å². The van der Waals surface area contributed by atoms with Gasteiger partial charge in [-0.05, 0) is 110 Å². The number of phenols is 1. The molecule has 1 saturated heterocycles. The van der Waals surface area contributed by atoms with Gasteiger partial charge in [-0.2, -0.15) is 0 Å². The van der Waals surface area contributed by atoms with Crippen molar-refractivity contribution in [2.24, 2.45) is 0 Å². The van der Waals surface area contributed by atoms with Crippen molar-refractivity contribution in [1.82, 2.24) is 5.32 Å². The predicted octanol–water partition coefficient (Wildman–Crippen LogP) is 8.42. The molecule has 0 amide bonds. The SMILES string of the molecule is CCCSc1ccc(-c2ccc3cc(O)ccc3c2Oc2ccc(OCCC3CCCCN3)cc2)cc1. The number of piperidine rings is 1. The molecule has 1 heterocycles. The van der Waals surface area contributed by atoms with Crippen LogP contribution < -0.4 is 14.8 Å². The van der Waals surface area contributed by atoms with Gasteiger partial charge in [-0.1, -0.05) is 31.5 Å². The lowest BCUT2D eigenvalue weighted by Crippen LogP contribution is -2.35. The maximum Gasteiger partial charge on any atom is 0.143 e. The van der Waals surface area contributed by atoms with Crippen molar-refractivity contribution in [3.8, 4) is 34.1 Å². The number of aromatic hydroxyl groups is 1. The molecule has 0 aliphatic carbocycles. The molecule has 0 bridgehead atoms. The van der Waals surface area contributed by atoms with E-state index < -0.39 is 0 Å². The van der Waals surface area contributed by atoms with Gasteiger partial charge in [0.15, 0.2) is 0 Å². The van der Waals surface area contributed by atoms with Gasteiger partial charge in [-0.15, -0.1) is 11.8 Å². The van der Waals surface area contributed by atoms with Gasteiger partial charge in [-0.3, -0.25) is 0 Å². The molecule has 0 aromatic heterocycles. The Labute approximate surface area is 224 Å². The van der Waals surface area contributed by atoms with Crippen LogP contribution in [0.25, 0.3) is 21.9 Å². The summed E-state index contributed by atoms with van der Waals surface area (Å²) < 4.78 is 12.5. The highest BCUT2D eigenvalue weighted by molar-refractivity contribution is 7.99. The molecular weight excluding hydrogens is 478 g/mol. The highest BCUT2D eigenvalue weighted by Crippen LogP contribution is 2.41. The molecule has 2 N–H and O–H groups in total. The van der Waals surface area contributed by atoms with E-state index in [1.165, 1.54) is 24.2 Å². The number of nitrogens with one attached hydrogen (secondary N) is 1. The Kier molecular flexibility index (Phi) is 8.54. The summed E-state index contributed by atoms with van der Waals surface area (Å²) >= 11 is 1.88. The van der Waals surface area contributed by atoms with Crippen LogP contribution in [0.5, 0.6) is 23.0 Å². The van der Waals surface area contributed by atoms with Gasteiger partial charge in [0.05, 0.1) is 6.61 Å². The largest absolute Gasteiger partial charge is 0.508 e. The van der Waals surface area contributed by atoms with Crippen LogP contribution in [0.15, 0.2) is 83.8 Å². The third-order valence-electron chi connectivity index (χ3n) is 6.78. The lowest BCUT2D eigenvalue weighted by molar-refractivity contribution is 0.268. The van der Waals surface area contributed by atoms with Gasteiger partial charge >= 0.3 is 0 Å². The van der Waals surface area contributed by atoms with Gasteiger partial charge in [-0.25, -0.2) is 0 Å². The minimum Gasteiger partial charge on any atom is -0.508 e. The standard InChI is InChI=1S/C32H35NO3S/c1-2-21-37-29-14-6-23(7-15-29)30-16-8-24-22-26(34)9-17-31(24)32(30)36-28-12-10-27(11-13-28)35-20-18-25-5-3-4-19-33-25/h6-17,22,25,33-34H,2-5,18-21H2,1H3. The Morgan fingerprint density at radius 1 is 0.919 bits per heavy atom. The van der Waals surface area contributed by atoms with E-state index in [1.54, 1.807) is 12.1 Å². The summed E-state index contributed by atoms with van der Waals surface area (Å²) in [5, 5.41) is 15.5. The van der Waals surface area contributed by atoms with Gasteiger partial charge < -0.3 is 19.9 Å². The minimum absolute atomic E-state index is 0.244. The first-order valence-electron chi connectivity index (χ1n) is 13.3. The van der Waals surface area contributed by atoms with E-state index in [-0.39, 0.29) is 5.75 Å². The molecule has 1 aliphatic heterocycles. The average Bonchev–Trinajstić information content (AvgIpc) is 2.94. The smallest absolute Gasteiger partial charge is 0.143 e. The average molecular weight is 514 g/mol. The Hall–Kier alpha value is -3.15. The lowest BCUT2D eigenvalue weighted by atomic mass is 9.99. The van der Waals surface area contributed by atoms with E-state index in [4.69, 9.17) is 9.47 Å². The predicted molar refractivity (Wildman–Crippen MR) is 154 cm³/mol. The van der Waals surface area contributed by atoms with Crippen molar-refractivity contribution in [1.29, 1.82) is 0 Å². The van der Waals surface area contributed by atoms with Gasteiger partial charge in [0.1, 0.15) is 23.0 Å². The number of fused-ring (bicyclic) bond motifs is 1. The molecule has 5 rings (SSSR count). The third kappa shape index (κ3) is 6.60. The molecule has 1 atom stereocenters. The van der Waals surface area contributed by atoms with Gasteiger partial charge in [0.25, 0.3) is 0 Å². The second-order valence-electron chi connectivity index (χ2n) is 9.58. The summed E-state index contributed by atoms with van der Waals surface area (Å²) in [4.78, 5) is 1.27. The number of benzene rings is 4. The summed E-state index contributed by atoms with van der Waals surface area (Å²) in [5.74, 6) is 3.74. The van der Waals surface area contributed by atoms with E-state index >= 15 is 0 Å². The zero-order valence-corrected chi connectivity index (χ0v) is 22.2. The summed E-state index contributed by atoms with van der Waals surface area (Å²) in [6.07, 6.45) is 6.01. The minimum atomic E-state index is 0.244. The molecule has 1 fully saturated rings. The van der Waals surface area contributed by atoms with E-state index in [1.807, 2.05) is 48.2 Å². The Morgan fingerprint density at radius 3 is 2.49 bits per heavy atom. The molecular formula is C32H35NO3S. The number of ether oxygens (including phenoxy) is 2. The first-order valence-corrected chi connectivity index (χ1v) is 14.3. The summed E-state index contributed by atoms with van der Waals surface area (Å²) in [6, 6.07) is 26.6. The van der Waals surface area contributed by atoms with Crippen molar-refractivity contribution < 1.29 is 14.6 Å². The summed E-state index contributed by atoms with van der Waals surface area (Å²) in [5.41, 5.74) is 2.12. The molecule has 4 aromatic carbocycles. The molecule has 0 radical (unpaired) electrons. The quantitative estimate of drug-likeness (QED) is 0.208. The zero-order chi connectivity index (χ0) is 25.5. The molecule has 4 aromatic rings. The van der Waals surface area contributed by atoms with Crippen LogP contribution in [0, 0.1) is 0 Å². The van der Waals surface area contributed by atoms with Crippen LogP contribution in [0.4, 0.5) is 0 Å². The fraction of sp³-hybridized carbons (Fsp3) is 0.312. The van der Waals surface area contributed by atoms with Crippen molar-refractivity contribution in [2.45, 2.75) is 50.0 Å². The van der Waals surface area contributed by atoms with Crippen molar-refractivity contribution >= 4 is 22.5 Å². The highest BCUT2D eigenvalue weighted by Gasteiger charge is 2.14. The zero-order valence-electron chi connectivity index (χ0n) is 21.4. The number of hydrogen-bond donors (Lipinski definition) is 2. The van der Waals surface area contributed by atoms with Crippen LogP contribution in [0.1, 0.15) is 39.0 Å². The second-order valence-corrected chi connectivity index (χ2v) is 10.7. The first kappa shape index (κ1) is 25.5. The van der Waals surface area contributed by atoms with Gasteiger partial charge in [0, 0.05) is 21.9 Å². The summed E-state index contributed by atoms with van der Waals surface area (Å²) in [7, 11) is 0. The molecule has 0 saturated carbocycles. The number of rotatable bonds is 10. The Balaban J connectivity index is 1.35. The fourth-order valence-electron chi connectivity index (χ4n) is 4.79. The van der Waals surface area contributed by atoms with E-state index in [2.05, 4.69) is 42.6 Å². The Bertz CT molecular complexity index is 1300. The molecule has 4 nitrogen and oxygen atoms in total. The third-order valence-corrected chi connectivity index (χ3v) is 8.00. The van der Waals surface area contributed by atoms with Crippen molar-refractivity contribution in [3.05, 3.63) is 78.9 Å². The number of hydrogen-bond acceptors (Lipinski definition) is 5. The van der Waals surface area contributed by atoms with Crippen LogP contribution in [-0.4, -0.2) is 30.1 Å². The topological polar surface area (TPSA) is 50.7 Å². The monoisotopic (exact) mass is 513 g/mol. The maximum atomic E-state index is 10.0. The second kappa shape index (κ2) is 12.4. The van der Waals surface area contributed by atoms with Gasteiger partial charge in [0.2, 0.25) is 0 Å². The van der Waals surface area contributed by atoms with Crippen LogP contribution in [0.2, 0.25) is 0 Å². The molecule has 5 heteroatoms. The normalized spacial score (nSPS) is 15.5. The van der Waals surface area contributed by atoms with E-state index in [0.717, 1.165) is 64.3 Å². The van der Waals surface area contributed by atoms with E-state index in [0.29, 0.717) is 12.6 Å². The van der Waals surface area contributed by atoms with Crippen molar-refractivity contribution in [3.63, 3.8) is 0 Å². The molecule has 1 aliphatic rings. The molecule has 0 spiro atoms. The summed E-state index contributed by atoms with van der Waals surface area (Å²) in [6.45, 7) is 4.03. The molecule has 1 unspecified atom stereocenters. The lowest BCUT2D eigenvalue weighted by Gasteiger charge is -2.23. The highest BCUT2D eigenvalue weighted by atomic mass is 32.2.